The molecule has 7 heteroatoms. The SMILES string of the molecule is NC1CCC(C(=O)N2CCN(CC(F)(F)F)CC2)CC1. The number of carbonyl (C=O) groups excluding carboxylic acids is 1. The summed E-state index contributed by atoms with van der Waals surface area (Å²) in [5.41, 5.74) is 5.81. The van der Waals surface area contributed by atoms with Gasteiger partial charge < -0.3 is 10.6 Å². The number of nitrogens with two attached hydrogens (primary N) is 1. The molecule has 4 nitrogen and oxygen atoms in total. The average Bonchev–Trinajstić information content (AvgIpc) is 2.38. The highest BCUT2D eigenvalue weighted by molar-refractivity contribution is 5.79. The second-order valence-electron chi connectivity index (χ2n) is 5.83. The van der Waals surface area contributed by atoms with E-state index in [-0.39, 0.29) is 17.9 Å². The molecule has 2 rings (SSSR count). The lowest BCUT2D eigenvalue weighted by Gasteiger charge is -2.37. The quantitative estimate of drug-likeness (QED) is 0.832. The Morgan fingerprint density at radius 2 is 1.60 bits per heavy atom. The minimum absolute atomic E-state index is 0.0176. The monoisotopic (exact) mass is 293 g/mol. The van der Waals surface area contributed by atoms with Crippen LogP contribution in [0.15, 0.2) is 0 Å². The van der Waals surface area contributed by atoms with E-state index in [1.54, 1.807) is 4.90 Å². The van der Waals surface area contributed by atoms with Crippen LogP contribution in [0.25, 0.3) is 0 Å². The summed E-state index contributed by atoms with van der Waals surface area (Å²) in [7, 11) is 0. The first kappa shape index (κ1) is 15.6. The zero-order valence-corrected chi connectivity index (χ0v) is 11.5. The Morgan fingerprint density at radius 3 is 2.10 bits per heavy atom. The predicted molar refractivity (Wildman–Crippen MR) is 69.0 cm³/mol. The van der Waals surface area contributed by atoms with Crippen molar-refractivity contribution in [2.24, 2.45) is 11.7 Å². The third-order valence-electron chi connectivity index (χ3n) is 4.21. The van der Waals surface area contributed by atoms with Crippen molar-refractivity contribution in [1.82, 2.24) is 9.80 Å². The Labute approximate surface area is 117 Å². The van der Waals surface area contributed by atoms with Crippen LogP contribution >= 0.6 is 0 Å². The second-order valence-corrected chi connectivity index (χ2v) is 5.83. The zero-order chi connectivity index (χ0) is 14.8. The predicted octanol–water partition coefficient (Wildman–Crippen LogP) is 1.21. The smallest absolute Gasteiger partial charge is 0.340 e. The molecule has 0 spiro atoms. The molecule has 0 aromatic rings. The molecule has 2 aliphatic rings. The van der Waals surface area contributed by atoms with E-state index in [4.69, 9.17) is 5.73 Å². The maximum absolute atomic E-state index is 12.3. The molecule has 0 aromatic heterocycles. The maximum atomic E-state index is 12.3. The molecule has 2 N–H and O–H groups in total. The van der Waals surface area contributed by atoms with Crippen molar-refractivity contribution in [3.63, 3.8) is 0 Å². The minimum Gasteiger partial charge on any atom is -0.340 e. The van der Waals surface area contributed by atoms with Crippen molar-refractivity contribution in [2.75, 3.05) is 32.7 Å². The molecule has 1 heterocycles. The zero-order valence-electron chi connectivity index (χ0n) is 11.5. The highest BCUT2D eigenvalue weighted by Crippen LogP contribution is 2.25. The Morgan fingerprint density at radius 1 is 1.05 bits per heavy atom. The summed E-state index contributed by atoms with van der Waals surface area (Å²) in [5.74, 6) is 0.118. The van der Waals surface area contributed by atoms with Crippen LogP contribution in [-0.4, -0.2) is 60.6 Å². The first-order valence-corrected chi connectivity index (χ1v) is 7.18. The summed E-state index contributed by atoms with van der Waals surface area (Å²) >= 11 is 0. The second kappa shape index (κ2) is 6.30. The summed E-state index contributed by atoms with van der Waals surface area (Å²) in [4.78, 5) is 15.4. The first-order valence-electron chi connectivity index (χ1n) is 7.18. The van der Waals surface area contributed by atoms with E-state index in [1.807, 2.05) is 0 Å². The largest absolute Gasteiger partial charge is 0.401 e. The lowest BCUT2D eigenvalue weighted by atomic mass is 9.85. The molecule has 1 saturated heterocycles. The van der Waals surface area contributed by atoms with Crippen LogP contribution < -0.4 is 5.73 Å². The van der Waals surface area contributed by atoms with Gasteiger partial charge in [0.15, 0.2) is 0 Å². The van der Waals surface area contributed by atoms with E-state index >= 15 is 0 Å². The van der Waals surface area contributed by atoms with E-state index in [9.17, 15) is 18.0 Å². The van der Waals surface area contributed by atoms with Crippen molar-refractivity contribution in [3.05, 3.63) is 0 Å². The number of hydrogen-bond acceptors (Lipinski definition) is 3. The fraction of sp³-hybridized carbons (Fsp3) is 0.923. The average molecular weight is 293 g/mol. The Kier molecular flexibility index (Phi) is 4.90. The molecule has 0 bridgehead atoms. The number of nitrogens with zero attached hydrogens (tertiary/aromatic N) is 2. The van der Waals surface area contributed by atoms with Gasteiger partial charge in [-0.1, -0.05) is 0 Å². The van der Waals surface area contributed by atoms with Gasteiger partial charge in [-0.25, -0.2) is 0 Å². The molecule has 116 valence electrons. The van der Waals surface area contributed by atoms with Crippen molar-refractivity contribution in [1.29, 1.82) is 0 Å². The van der Waals surface area contributed by atoms with Gasteiger partial charge in [-0.2, -0.15) is 13.2 Å². The molecule has 1 aliphatic carbocycles. The van der Waals surface area contributed by atoms with Crippen LogP contribution in [0.1, 0.15) is 25.7 Å². The van der Waals surface area contributed by atoms with Crippen LogP contribution in [0.5, 0.6) is 0 Å². The normalized spacial score (nSPS) is 29.5. The van der Waals surface area contributed by atoms with Gasteiger partial charge in [0, 0.05) is 38.1 Å². The van der Waals surface area contributed by atoms with Gasteiger partial charge in [0.2, 0.25) is 5.91 Å². The highest BCUT2D eigenvalue weighted by atomic mass is 19.4. The van der Waals surface area contributed by atoms with Crippen molar-refractivity contribution >= 4 is 5.91 Å². The molecule has 20 heavy (non-hydrogen) atoms. The van der Waals surface area contributed by atoms with Crippen molar-refractivity contribution < 1.29 is 18.0 Å². The van der Waals surface area contributed by atoms with Gasteiger partial charge in [0.25, 0.3) is 0 Å². The summed E-state index contributed by atoms with van der Waals surface area (Å²) in [6.07, 6.45) is -0.813. The number of halogens is 3. The molecular weight excluding hydrogens is 271 g/mol. The molecular formula is C13H22F3N3O. The molecule has 0 aromatic carbocycles. The van der Waals surface area contributed by atoms with Gasteiger partial charge in [-0.3, -0.25) is 9.69 Å². The summed E-state index contributed by atoms with van der Waals surface area (Å²) in [6, 6.07) is 0.197. The van der Waals surface area contributed by atoms with Gasteiger partial charge in [-0.05, 0) is 25.7 Å². The lowest BCUT2D eigenvalue weighted by molar-refractivity contribution is -0.153. The number of alkyl halides is 3. The van der Waals surface area contributed by atoms with E-state index in [1.165, 1.54) is 4.90 Å². The molecule has 1 aliphatic heterocycles. The van der Waals surface area contributed by atoms with Crippen molar-refractivity contribution in [2.45, 2.75) is 37.9 Å². The molecule has 1 saturated carbocycles. The third kappa shape index (κ3) is 4.34. The van der Waals surface area contributed by atoms with Crippen LogP contribution in [-0.2, 0) is 4.79 Å². The van der Waals surface area contributed by atoms with E-state index in [2.05, 4.69) is 0 Å². The molecule has 0 radical (unpaired) electrons. The fourth-order valence-electron chi connectivity index (χ4n) is 3.00. The van der Waals surface area contributed by atoms with E-state index in [0.29, 0.717) is 26.2 Å². The summed E-state index contributed by atoms with van der Waals surface area (Å²) in [6.45, 7) is 0.525. The number of rotatable bonds is 2. The number of hydrogen-bond donors (Lipinski definition) is 1. The van der Waals surface area contributed by atoms with Crippen LogP contribution in [0.4, 0.5) is 13.2 Å². The fourth-order valence-corrected chi connectivity index (χ4v) is 3.00. The van der Waals surface area contributed by atoms with Gasteiger partial charge >= 0.3 is 6.18 Å². The molecule has 0 unspecified atom stereocenters. The number of carbonyl (C=O) groups is 1. The van der Waals surface area contributed by atoms with Crippen molar-refractivity contribution in [3.8, 4) is 0 Å². The Hall–Kier alpha value is -0.820. The van der Waals surface area contributed by atoms with Gasteiger partial charge in [0.05, 0.1) is 6.54 Å². The molecule has 0 atom stereocenters. The molecule has 1 amide bonds. The lowest BCUT2D eigenvalue weighted by Crippen LogP contribution is -2.52. The summed E-state index contributed by atoms with van der Waals surface area (Å²) in [5, 5.41) is 0. The van der Waals surface area contributed by atoms with E-state index in [0.717, 1.165) is 25.7 Å². The topological polar surface area (TPSA) is 49.6 Å². The number of amides is 1. The van der Waals surface area contributed by atoms with Crippen LogP contribution in [0.3, 0.4) is 0 Å². The van der Waals surface area contributed by atoms with Gasteiger partial charge in [0.1, 0.15) is 0 Å². The Balaban J connectivity index is 1.77. The minimum atomic E-state index is -4.16. The van der Waals surface area contributed by atoms with E-state index < -0.39 is 12.7 Å². The third-order valence-corrected chi connectivity index (χ3v) is 4.21. The first-order chi connectivity index (χ1) is 9.35. The number of piperazine rings is 1. The van der Waals surface area contributed by atoms with Crippen LogP contribution in [0.2, 0.25) is 0 Å². The standard InChI is InChI=1S/C13H22F3N3O/c14-13(15,16)9-18-5-7-19(8-6-18)12(20)10-1-3-11(17)4-2-10/h10-11H,1-9,17H2. The Bertz CT molecular complexity index is 332. The highest BCUT2D eigenvalue weighted by Gasteiger charge is 2.34. The molecule has 2 fully saturated rings. The summed E-state index contributed by atoms with van der Waals surface area (Å²) < 4.78 is 36.9. The van der Waals surface area contributed by atoms with Gasteiger partial charge in [-0.15, -0.1) is 0 Å². The van der Waals surface area contributed by atoms with Crippen LogP contribution in [0, 0.1) is 5.92 Å². The maximum Gasteiger partial charge on any atom is 0.401 e.